The van der Waals surface area contributed by atoms with E-state index in [2.05, 4.69) is 21.2 Å². The predicted octanol–water partition coefficient (Wildman–Crippen LogP) is 5.01. The molecule has 24 heavy (non-hydrogen) atoms. The number of carbonyl (C=O) groups excluding carboxylic acids is 1. The Hall–Kier alpha value is -2.59. The maximum atomic E-state index is 12.7. The molecule has 1 N–H and O–H groups in total. The molecule has 0 saturated carbocycles. The third-order valence-electron chi connectivity index (χ3n) is 2.99. The summed E-state index contributed by atoms with van der Waals surface area (Å²) in [5, 5.41) is 11.4. The Kier molecular flexibility index (Phi) is 5.42. The fourth-order valence-corrected chi connectivity index (χ4v) is 2.11. The molecule has 2 aromatic rings. The van der Waals surface area contributed by atoms with Crippen molar-refractivity contribution >= 4 is 33.6 Å². The highest BCUT2D eigenvalue weighted by molar-refractivity contribution is 9.10. The Labute approximate surface area is 144 Å². The zero-order valence-corrected chi connectivity index (χ0v) is 13.6. The lowest BCUT2D eigenvalue weighted by molar-refractivity contribution is -0.137. The number of halogens is 4. The number of alkyl halides is 3. The highest BCUT2D eigenvalue weighted by Gasteiger charge is 2.30. The first-order chi connectivity index (χ1) is 11.3. The number of hydrogen-bond donors (Lipinski definition) is 1. The van der Waals surface area contributed by atoms with Gasteiger partial charge in [-0.15, -0.1) is 0 Å². The van der Waals surface area contributed by atoms with E-state index >= 15 is 0 Å². The number of rotatable bonds is 3. The standard InChI is InChI=1S/C17H10BrF3N2O/c18-14-6-4-11(5-7-14)8-12(10-22)16(24)23-15-3-1-2-13(9-15)17(19,20)21/h1-9H,(H,23,24)/b12-8+. The van der Waals surface area contributed by atoms with Gasteiger partial charge < -0.3 is 5.32 Å². The summed E-state index contributed by atoms with van der Waals surface area (Å²) < 4.78 is 38.8. The van der Waals surface area contributed by atoms with Crippen molar-refractivity contribution in [2.45, 2.75) is 6.18 Å². The van der Waals surface area contributed by atoms with Gasteiger partial charge in [-0.05, 0) is 42.0 Å². The van der Waals surface area contributed by atoms with Crippen LogP contribution in [0.3, 0.4) is 0 Å². The van der Waals surface area contributed by atoms with Crippen LogP contribution < -0.4 is 5.32 Å². The number of amides is 1. The summed E-state index contributed by atoms with van der Waals surface area (Å²) in [6.45, 7) is 0. The van der Waals surface area contributed by atoms with Crippen LogP contribution >= 0.6 is 15.9 Å². The van der Waals surface area contributed by atoms with Crippen LogP contribution in [0.15, 0.2) is 58.6 Å². The van der Waals surface area contributed by atoms with E-state index in [4.69, 9.17) is 5.26 Å². The monoisotopic (exact) mass is 394 g/mol. The van der Waals surface area contributed by atoms with Crippen LogP contribution in [-0.2, 0) is 11.0 Å². The van der Waals surface area contributed by atoms with Gasteiger partial charge in [-0.2, -0.15) is 18.4 Å². The van der Waals surface area contributed by atoms with Crippen molar-refractivity contribution in [1.82, 2.24) is 0 Å². The second kappa shape index (κ2) is 7.32. The van der Waals surface area contributed by atoms with E-state index in [0.717, 1.165) is 16.6 Å². The number of nitrogens with zero attached hydrogens (tertiary/aromatic N) is 1. The molecule has 1 amide bonds. The topological polar surface area (TPSA) is 52.9 Å². The highest BCUT2D eigenvalue weighted by atomic mass is 79.9. The Morgan fingerprint density at radius 2 is 1.83 bits per heavy atom. The molecule has 2 rings (SSSR count). The van der Waals surface area contributed by atoms with Crippen LogP contribution in [0, 0.1) is 11.3 Å². The highest BCUT2D eigenvalue weighted by Crippen LogP contribution is 2.30. The fraction of sp³-hybridized carbons (Fsp3) is 0.0588. The van der Waals surface area contributed by atoms with E-state index < -0.39 is 17.6 Å². The normalized spacial score (nSPS) is 11.7. The Morgan fingerprint density at radius 1 is 1.17 bits per heavy atom. The molecule has 122 valence electrons. The molecule has 0 aliphatic carbocycles. The largest absolute Gasteiger partial charge is 0.416 e. The van der Waals surface area contributed by atoms with E-state index in [0.29, 0.717) is 5.56 Å². The van der Waals surface area contributed by atoms with Crippen molar-refractivity contribution < 1.29 is 18.0 Å². The first-order valence-electron chi connectivity index (χ1n) is 6.65. The average molecular weight is 395 g/mol. The van der Waals surface area contributed by atoms with Crippen LogP contribution in [-0.4, -0.2) is 5.91 Å². The summed E-state index contributed by atoms with van der Waals surface area (Å²) >= 11 is 3.27. The van der Waals surface area contributed by atoms with Gasteiger partial charge in [-0.25, -0.2) is 0 Å². The van der Waals surface area contributed by atoms with E-state index in [1.807, 2.05) is 0 Å². The molecule has 3 nitrogen and oxygen atoms in total. The molecule has 0 atom stereocenters. The van der Waals surface area contributed by atoms with Crippen molar-refractivity contribution in [1.29, 1.82) is 5.26 Å². The van der Waals surface area contributed by atoms with Gasteiger partial charge in [-0.1, -0.05) is 34.1 Å². The van der Waals surface area contributed by atoms with E-state index in [-0.39, 0.29) is 11.3 Å². The van der Waals surface area contributed by atoms with Gasteiger partial charge in [0.1, 0.15) is 11.6 Å². The summed E-state index contributed by atoms with van der Waals surface area (Å²) in [5.74, 6) is -0.778. The Balaban J connectivity index is 2.21. The van der Waals surface area contributed by atoms with Crippen LogP contribution in [0.25, 0.3) is 6.08 Å². The molecule has 0 heterocycles. The lowest BCUT2D eigenvalue weighted by atomic mass is 10.1. The minimum Gasteiger partial charge on any atom is -0.321 e. The number of benzene rings is 2. The molecule has 0 fully saturated rings. The maximum Gasteiger partial charge on any atom is 0.416 e. The van der Waals surface area contributed by atoms with Crippen molar-refractivity contribution in [3.05, 3.63) is 69.7 Å². The van der Waals surface area contributed by atoms with E-state index in [9.17, 15) is 18.0 Å². The summed E-state index contributed by atoms with van der Waals surface area (Å²) in [6, 6.07) is 12.8. The molecule has 7 heteroatoms. The molecule has 0 radical (unpaired) electrons. The van der Waals surface area contributed by atoms with Crippen LogP contribution in [0.2, 0.25) is 0 Å². The van der Waals surface area contributed by atoms with Crippen LogP contribution in [0.5, 0.6) is 0 Å². The predicted molar refractivity (Wildman–Crippen MR) is 87.8 cm³/mol. The average Bonchev–Trinajstić information content (AvgIpc) is 2.53. The quantitative estimate of drug-likeness (QED) is 0.587. The van der Waals surface area contributed by atoms with Gasteiger partial charge >= 0.3 is 6.18 Å². The second-order valence-electron chi connectivity index (χ2n) is 4.75. The number of carbonyl (C=O) groups is 1. The molecular formula is C17H10BrF3N2O. The minimum atomic E-state index is -4.51. The number of nitriles is 1. The summed E-state index contributed by atoms with van der Waals surface area (Å²) in [7, 11) is 0. The van der Waals surface area contributed by atoms with Crippen LogP contribution in [0.4, 0.5) is 18.9 Å². The van der Waals surface area contributed by atoms with E-state index in [1.165, 1.54) is 18.2 Å². The number of nitrogens with one attached hydrogen (secondary N) is 1. The molecule has 0 aliphatic heterocycles. The Bertz CT molecular complexity index is 821. The number of hydrogen-bond acceptors (Lipinski definition) is 2. The zero-order valence-electron chi connectivity index (χ0n) is 12.1. The van der Waals surface area contributed by atoms with Gasteiger partial charge in [-0.3, -0.25) is 4.79 Å². The molecular weight excluding hydrogens is 385 g/mol. The molecule has 0 aromatic heterocycles. The SMILES string of the molecule is N#C/C(=C\c1ccc(Br)cc1)C(=O)Nc1cccc(C(F)(F)F)c1. The molecule has 0 bridgehead atoms. The second-order valence-corrected chi connectivity index (χ2v) is 5.67. The van der Waals surface area contributed by atoms with Crippen molar-refractivity contribution in [3.8, 4) is 6.07 Å². The molecule has 0 unspecified atom stereocenters. The van der Waals surface area contributed by atoms with E-state index in [1.54, 1.807) is 30.3 Å². The van der Waals surface area contributed by atoms with Crippen molar-refractivity contribution in [2.75, 3.05) is 5.32 Å². The smallest absolute Gasteiger partial charge is 0.321 e. The van der Waals surface area contributed by atoms with Gasteiger partial charge in [0, 0.05) is 10.2 Å². The summed E-state index contributed by atoms with van der Waals surface area (Å²) in [4.78, 5) is 12.1. The van der Waals surface area contributed by atoms with Crippen molar-refractivity contribution in [3.63, 3.8) is 0 Å². The third kappa shape index (κ3) is 4.70. The molecule has 0 aliphatic rings. The Morgan fingerprint density at radius 3 is 2.42 bits per heavy atom. The third-order valence-corrected chi connectivity index (χ3v) is 3.52. The van der Waals surface area contributed by atoms with Gasteiger partial charge in [0.25, 0.3) is 5.91 Å². The number of anilines is 1. The molecule has 0 saturated heterocycles. The maximum absolute atomic E-state index is 12.7. The van der Waals surface area contributed by atoms with Gasteiger partial charge in [0.05, 0.1) is 5.56 Å². The fourth-order valence-electron chi connectivity index (χ4n) is 1.85. The lowest BCUT2D eigenvalue weighted by Gasteiger charge is -2.09. The first-order valence-corrected chi connectivity index (χ1v) is 7.45. The summed E-state index contributed by atoms with van der Waals surface area (Å²) in [5.41, 5.74) is -0.508. The van der Waals surface area contributed by atoms with Gasteiger partial charge in [0.2, 0.25) is 0 Å². The first kappa shape index (κ1) is 17.8. The van der Waals surface area contributed by atoms with Gasteiger partial charge in [0.15, 0.2) is 0 Å². The van der Waals surface area contributed by atoms with Crippen LogP contribution in [0.1, 0.15) is 11.1 Å². The molecule has 0 spiro atoms. The lowest BCUT2D eigenvalue weighted by Crippen LogP contribution is -2.14. The zero-order chi connectivity index (χ0) is 17.7. The minimum absolute atomic E-state index is 0.0354. The summed E-state index contributed by atoms with van der Waals surface area (Å²) in [6.07, 6.45) is -3.15. The van der Waals surface area contributed by atoms with Crippen molar-refractivity contribution in [2.24, 2.45) is 0 Å². The molecule has 2 aromatic carbocycles.